The predicted molar refractivity (Wildman–Crippen MR) is 354 cm³/mol. The number of ether oxygens (including phenoxy) is 1. The van der Waals surface area contributed by atoms with Crippen molar-refractivity contribution in [2.75, 3.05) is 89.0 Å². The Morgan fingerprint density at radius 3 is 2.11 bits per heavy atom. The number of aromatic nitrogens is 2. The quantitative estimate of drug-likeness (QED) is 0.0478. The number of nitrogens with zero attached hydrogens (tertiary/aromatic N) is 6. The van der Waals surface area contributed by atoms with Crippen LogP contribution >= 0.6 is 11.3 Å². The second-order valence-corrected chi connectivity index (χ2v) is 29.1. The summed E-state index contributed by atoms with van der Waals surface area (Å²) in [7, 11) is -3.42. The van der Waals surface area contributed by atoms with E-state index in [1.54, 1.807) is 12.1 Å². The molecule has 1 aromatic heterocycles. The Labute approximate surface area is 576 Å². The molecular weight excluding hydrogens is 1340 g/mol. The number of phenolic OH excluding ortho intramolecular Hbond substituents is 1. The number of hydrogen-bond donors (Lipinski definition) is 16. The molecule has 550 valence electrons. The van der Waals surface area contributed by atoms with Gasteiger partial charge in [0, 0.05) is 82.9 Å². The van der Waals surface area contributed by atoms with Crippen LogP contribution in [0.3, 0.4) is 0 Å². The number of carbonyl (C=O) groups excluding carboxylic acids is 6. The van der Waals surface area contributed by atoms with Gasteiger partial charge in [-0.1, -0.05) is 43.6 Å². The molecular formula is C64H95FN12O20S2. The lowest BCUT2D eigenvalue weighted by atomic mass is 9.72. The first-order valence-electron chi connectivity index (χ1n) is 33.8. The number of piperidine rings is 2. The molecule has 9 rings (SSSR count). The van der Waals surface area contributed by atoms with E-state index in [1.807, 2.05) is 18.1 Å². The molecule has 6 heterocycles. The van der Waals surface area contributed by atoms with Crippen LogP contribution in [0.25, 0.3) is 10.6 Å². The second-order valence-electron chi connectivity index (χ2n) is 27.1. The Morgan fingerprint density at radius 2 is 1.45 bits per heavy atom. The van der Waals surface area contributed by atoms with E-state index in [0.29, 0.717) is 47.6 Å². The highest BCUT2D eigenvalue weighted by Crippen LogP contribution is 2.43. The van der Waals surface area contributed by atoms with E-state index in [-0.39, 0.29) is 36.7 Å². The van der Waals surface area contributed by atoms with E-state index in [1.165, 1.54) is 57.3 Å². The molecule has 5 aliphatic heterocycles. The molecule has 1 aliphatic carbocycles. The lowest BCUT2D eigenvalue weighted by Gasteiger charge is -2.47. The third-order valence-electron chi connectivity index (χ3n) is 20.3. The number of anilines is 2. The van der Waals surface area contributed by atoms with Gasteiger partial charge in [-0.2, -0.15) is 8.42 Å². The van der Waals surface area contributed by atoms with Crippen molar-refractivity contribution < 1.29 is 101 Å². The number of aliphatic hydroxyl groups excluding tert-OH is 8. The van der Waals surface area contributed by atoms with Gasteiger partial charge in [-0.05, 0) is 119 Å². The molecule has 16 N–H and O–H groups in total. The standard InChI is InChI=1S/C64H95FN12O20S2/c1-34-30-77-54(55(34)86)59(90)68-29-41(81)26-45(67-28-36-14-19-75(20-15-36)63-73-72-60(98-63)43-11-10-40(25-44(43)65)74-21-16-64(96-3,17-22-74)38-7-5-4-6-8-38)56(87)69-51(35(2)80)61(91)76-31-42(82)27-46(76)57(88)70-52(49(85)23-37-9-12-47(83)50(24-37)97-99(93,94)95)58(89)71-53(62(77)92)48(84)13-18-66-39(32-78)33-79/h9-12,24-25,34-36,38-39,41-42,45-46,48-49,51-55,66-67,78-86H,4-8,13-23,26-33H2,1-3H3,(H,68,90)(H,69,87)(H,70,88)(H,71,89)(H,93,94,95)/t34-,35+,41+,42+,45?,46-,48+,49+,51-,52-,53-,54-,55-/m0/s1. The Hall–Kier alpha value is -6.58. The first-order chi connectivity index (χ1) is 47.1. The Balaban J connectivity index is 0.934. The van der Waals surface area contributed by atoms with Crippen LogP contribution < -0.4 is 45.9 Å². The zero-order chi connectivity index (χ0) is 71.6. The average Bonchev–Trinajstić information content (AvgIpc) is 1.79. The molecule has 3 aromatic rings. The van der Waals surface area contributed by atoms with Gasteiger partial charge in [0.05, 0.1) is 67.5 Å². The number of aliphatic hydroxyl groups is 8. The number of amides is 6. The van der Waals surface area contributed by atoms with Crippen LogP contribution in [0.2, 0.25) is 0 Å². The lowest BCUT2D eigenvalue weighted by Crippen LogP contribution is -2.64. The number of carbonyl (C=O) groups is 6. The maximum atomic E-state index is 16.0. The van der Waals surface area contributed by atoms with Crippen molar-refractivity contribution in [2.24, 2.45) is 17.8 Å². The summed E-state index contributed by atoms with van der Waals surface area (Å²) in [6, 6.07) is -3.79. The van der Waals surface area contributed by atoms with Crippen molar-refractivity contribution in [3.05, 3.63) is 47.8 Å². The third kappa shape index (κ3) is 18.9. The zero-order valence-electron chi connectivity index (χ0n) is 55.6. The Morgan fingerprint density at radius 1 is 0.778 bits per heavy atom. The molecule has 35 heteroatoms. The molecule has 99 heavy (non-hydrogen) atoms. The van der Waals surface area contributed by atoms with Crippen molar-refractivity contribution in [2.45, 2.75) is 182 Å². The highest BCUT2D eigenvalue weighted by molar-refractivity contribution is 7.81. The molecule has 6 amide bonds. The highest BCUT2D eigenvalue weighted by Gasteiger charge is 2.50. The van der Waals surface area contributed by atoms with E-state index in [0.717, 1.165) is 59.6 Å². The first-order valence-corrected chi connectivity index (χ1v) is 36.0. The molecule has 32 nitrogen and oxygen atoms in total. The zero-order valence-corrected chi connectivity index (χ0v) is 57.2. The number of rotatable bonds is 21. The fraction of sp³-hybridized carbons (Fsp3) is 0.688. The van der Waals surface area contributed by atoms with E-state index in [4.69, 9.17) is 4.74 Å². The van der Waals surface area contributed by atoms with E-state index in [2.05, 4.69) is 51.2 Å². The number of nitrogens with one attached hydrogen (secondary N) is 6. The SMILES string of the molecule is COC1(C2CCCCC2)CCN(c2ccc(-c3nnc(N4CCC(CNC5C[C@@H](O)CNC(=O)[C@@H]6[C@@H](O)[C@@H](C)CN6C(=O)[C@H]([C@H](O)CCNC(CO)CO)NC(=O)[C@H]([C@H](O)Cc6ccc(O)c(OS(=O)(=O)O)c6)NC(=O)[C@@H]6C[C@@H](O)CN6C(=O)[C@H]([C@@H](C)O)NC5=O)CC4)s3)c(F)c2)CC1. The average molecular weight is 1440 g/mol. The monoisotopic (exact) mass is 1430 g/mol. The smallest absolute Gasteiger partial charge is 0.446 e. The van der Waals surface area contributed by atoms with Crippen molar-refractivity contribution in [1.29, 1.82) is 0 Å². The molecule has 6 aliphatic rings. The summed E-state index contributed by atoms with van der Waals surface area (Å²) >= 11 is 1.25. The summed E-state index contributed by atoms with van der Waals surface area (Å²) in [4.78, 5) is 94.2. The summed E-state index contributed by atoms with van der Waals surface area (Å²) in [6.45, 7) is 2.47. The van der Waals surface area contributed by atoms with Gasteiger partial charge in [-0.15, -0.1) is 10.2 Å². The van der Waals surface area contributed by atoms with E-state index >= 15 is 4.39 Å². The molecule has 0 radical (unpaired) electrons. The maximum Gasteiger partial charge on any atom is 0.446 e. The minimum absolute atomic E-state index is 0.0996. The number of halogens is 1. The summed E-state index contributed by atoms with van der Waals surface area (Å²) in [6.07, 6.45) is -3.56. The Kier molecular flexibility index (Phi) is 26.3. The van der Waals surface area contributed by atoms with Crippen LogP contribution in [-0.4, -0.2) is 278 Å². The molecule has 2 aromatic carbocycles. The van der Waals surface area contributed by atoms with Crippen LogP contribution in [0.5, 0.6) is 11.5 Å². The van der Waals surface area contributed by atoms with Crippen LogP contribution in [-0.2, 0) is 50.3 Å². The van der Waals surface area contributed by atoms with Gasteiger partial charge in [0.15, 0.2) is 16.5 Å². The van der Waals surface area contributed by atoms with Crippen molar-refractivity contribution in [1.82, 2.24) is 51.9 Å². The van der Waals surface area contributed by atoms with Gasteiger partial charge in [-0.25, -0.2) is 4.39 Å². The number of methoxy groups -OCH3 is 1. The largest absolute Gasteiger partial charge is 0.504 e. The number of benzene rings is 2. The minimum Gasteiger partial charge on any atom is -0.504 e. The van der Waals surface area contributed by atoms with Crippen LogP contribution in [0.1, 0.15) is 96.5 Å². The molecule has 6 fully saturated rings. The normalized spacial score (nSPS) is 27.9. The van der Waals surface area contributed by atoms with Gasteiger partial charge >= 0.3 is 10.4 Å². The van der Waals surface area contributed by atoms with Crippen LogP contribution in [0, 0.1) is 23.6 Å². The molecule has 1 unspecified atom stereocenters. The first kappa shape index (κ1) is 76.6. The number of fused-ring (bicyclic) bond motifs is 2. The third-order valence-corrected chi connectivity index (χ3v) is 21.7. The lowest BCUT2D eigenvalue weighted by molar-refractivity contribution is -0.147. The van der Waals surface area contributed by atoms with Crippen molar-refractivity contribution >= 4 is 68.0 Å². The van der Waals surface area contributed by atoms with Gasteiger partial charge in [0.25, 0.3) is 0 Å². The maximum absolute atomic E-state index is 16.0. The van der Waals surface area contributed by atoms with Crippen molar-refractivity contribution in [3.63, 3.8) is 0 Å². The van der Waals surface area contributed by atoms with Gasteiger partial charge in [0.1, 0.15) is 36.0 Å². The topological polar surface area (TPSA) is 468 Å². The molecule has 1 saturated carbocycles. The fourth-order valence-corrected chi connectivity index (χ4v) is 15.8. The molecule has 0 bridgehead atoms. The highest BCUT2D eigenvalue weighted by atomic mass is 32.3. The number of phenols is 1. The summed E-state index contributed by atoms with van der Waals surface area (Å²) < 4.78 is 59.3. The molecule has 5 saturated heterocycles. The molecule has 0 spiro atoms. The summed E-state index contributed by atoms with van der Waals surface area (Å²) in [5, 5.41) is 125. The predicted octanol–water partition coefficient (Wildman–Crippen LogP) is -2.85. The molecule has 13 atom stereocenters. The number of hydrogen-bond acceptors (Lipinski definition) is 26. The number of aromatic hydroxyl groups is 1. The van der Waals surface area contributed by atoms with Crippen molar-refractivity contribution in [3.8, 4) is 22.1 Å². The second kappa shape index (κ2) is 33.9. The Bertz CT molecular complexity index is 3390. The number of β-amino-alcohol motifs (C(OH)–C–C–N with tert-alkyl or cyclic N) is 1. The van der Waals surface area contributed by atoms with Crippen LogP contribution in [0.15, 0.2) is 36.4 Å². The summed E-state index contributed by atoms with van der Waals surface area (Å²) in [5.41, 5.74) is 0.854. The van der Waals surface area contributed by atoms with E-state index < -0.39 is 200 Å². The van der Waals surface area contributed by atoms with Gasteiger partial charge in [-0.3, -0.25) is 33.3 Å². The minimum atomic E-state index is -5.23. The van der Waals surface area contributed by atoms with Gasteiger partial charge < -0.3 is 106 Å². The fourth-order valence-electron chi connectivity index (χ4n) is 14.5. The van der Waals surface area contributed by atoms with Crippen LogP contribution in [0.4, 0.5) is 15.2 Å². The van der Waals surface area contributed by atoms with E-state index in [9.17, 15) is 87.7 Å². The van der Waals surface area contributed by atoms with Gasteiger partial charge in [0.2, 0.25) is 40.6 Å². The summed E-state index contributed by atoms with van der Waals surface area (Å²) in [5.74, 6) is -9.30.